The second-order valence-electron chi connectivity index (χ2n) is 6.96. The lowest BCUT2D eigenvalue weighted by atomic mass is 9.65. The van der Waals surface area contributed by atoms with Crippen LogP contribution in [0.25, 0.3) is 0 Å². The van der Waals surface area contributed by atoms with Crippen molar-refractivity contribution in [2.24, 2.45) is 10.6 Å². The molecule has 0 saturated carbocycles. The topological polar surface area (TPSA) is 58.9 Å². The summed E-state index contributed by atoms with van der Waals surface area (Å²) in [7, 11) is 0. The van der Waals surface area contributed by atoms with Crippen molar-refractivity contribution in [1.29, 1.82) is 0 Å². The lowest BCUT2D eigenvalue weighted by molar-refractivity contribution is -0.118. The van der Waals surface area contributed by atoms with Crippen LogP contribution < -0.4 is 0 Å². The maximum atomic E-state index is 12.6. The van der Waals surface area contributed by atoms with Crippen molar-refractivity contribution in [3.8, 4) is 0 Å². The summed E-state index contributed by atoms with van der Waals surface area (Å²) >= 11 is 0. The van der Waals surface area contributed by atoms with Crippen molar-refractivity contribution in [3.63, 3.8) is 0 Å². The second kappa shape index (κ2) is 7.04. The van der Waals surface area contributed by atoms with E-state index in [1.807, 2.05) is 39.0 Å². The summed E-state index contributed by atoms with van der Waals surface area (Å²) in [5.74, 6) is -0.287. The van der Waals surface area contributed by atoms with Crippen LogP contribution in [0.4, 0.5) is 0 Å². The molecule has 1 N–H and O–H groups in total. The Morgan fingerprint density at radius 1 is 1.50 bits per heavy atom. The SMILES string of the molecule is C=CCO/N=C(/C)C1=C(O)[C@H](c2cccc(C)c2)C(C)(C)CC1=O. The summed E-state index contributed by atoms with van der Waals surface area (Å²) < 4.78 is 0. The summed E-state index contributed by atoms with van der Waals surface area (Å²) in [6.07, 6.45) is 1.92. The Morgan fingerprint density at radius 3 is 2.83 bits per heavy atom. The Hall–Kier alpha value is -2.36. The lowest BCUT2D eigenvalue weighted by Gasteiger charge is -2.38. The van der Waals surface area contributed by atoms with E-state index in [1.165, 1.54) is 0 Å². The number of rotatable bonds is 5. The van der Waals surface area contributed by atoms with Gasteiger partial charge in [-0.1, -0.05) is 61.5 Å². The van der Waals surface area contributed by atoms with Crippen molar-refractivity contribution in [3.05, 3.63) is 59.4 Å². The number of hydrogen-bond donors (Lipinski definition) is 1. The number of nitrogens with zero attached hydrogens (tertiary/aromatic N) is 1. The molecule has 0 fully saturated rings. The number of aliphatic hydroxyl groups excluding tert-OH is 1. The molecule has 0 heterocycles. The monoisotopic (exact) mass is 327 g/mol. The molecule has 1 aromatic carbocycles. The molecule has 1 aromatic rings. The Labute approximate surface area is 143 Å². The third kappa shape index (κ3) is 3.58. The van der Waals surface area contributed by atoms with E-state index in [9.17, 15) is 9.90 Å². The maximum absolute atomic E-state index is 12.6. The van der Waals surface area contributed by atoms with Crippen molar-refractivity contribution in [2.45, 2.75) is 40.0 Å². The molecule has 0 bridgehead atoms. The predicted molar refractivity (Wildman–Crippen MR) is 96.2 cm³/mol. The quantitative estimate of drug-likeness (QED) is 0.376. The fourth-order valence-electron chi connectivity index (χ4n) is 3.34. The zero-order valence-electron chi connectivity index (χ0n) is 14.8. The normalized spacial score (nSPS) is 20.9. The Kier molecular flexibility index (Phi) is 5.27. The number of carbonyl (C=O) groups excluding carboxylic acids is 1. The Morgan fingerprint density at radius 2 is 2.21 bits per heavy atom. The van der Waals surface area contributed by atoms with Crippen LogP contribution in [0.3, 0.4) is 0 Å². The Bertz CT molecular complexity index is 713. The number of aryl methyl sites for hydroxylation is 1. The maximum Gasteiger partial charge on any atom is 0.168 e. The van der Waals surface area contributed by atoms with Gasteiger partial charge in [0.1, 0.15) is 12.4 Å². The van der Waals surface area contributed by atoms with Crippen molar-refractivity contribution in [1.82, 2.24) is 0 Å². The van der Waals surface area contributed by atoms with Gasteiger partial charge in [0.15, 0.2) is 5.78 Å². The van der Waals surface area contributed by atoms with Gasteiger partial charge in [0.25, 0.3) is 0 Å². The molecule has 0 spiro atoms. The predicted octanol–water partition coefficient (Wildman–Crippen LogP) is 4.47. The number of aliphatic hydroxyl groups is 1. The molecule has 4 nitrogen and oxygen atoms in total. The average Bonchev–Trinajstić information content (AvgIpc) is 2.46. The van der Waals surface area contributed by atoms with Gasteiger partial charge in [0.2, 0.25) is 0 Å². The van der Waals surface area contributed by atoms with Gasteiger partial charge < -0.3 is 9.94 Å². The first-order valence-corrected chi connectivity index (χ1v) is 8.08. The number of benzene rings is 1. The number of carbonyl (C=O) groups is 1. The van der Waals surface area contributed by atoms with Gasteiger partial charge in [0, 0.05) is 12.3 Å². The van der Waals surface area contributed by atoms with E-state index >= 15 is 0 Å². The first-order valence-electron chi connectivity index (χ1n) is 8.08. The van der Waals surface area contributed by atoms with E-state index in [2.05, 4.69) is 17.8 Å². The zero-order chi connectivity index (χ0) is 17.9. The molecule has 24 heavy (non-hydrogen) atoms. The average molecular weight is 327 g/mol. The minimum Gasteiger partial charge on any atom is -0.511 e. The first kappa shape index (κ1) is 18.0. The van der Waals surface area contributed by atoms with Gasteiger partial charge in [0.05, 0.1) is 11.3 Å². The van der Waals surface area contributed by atoms with E-state index in [-0.39, 0.29) is 35.1 Å². The third-order valence-corrected chi connectivity index (χ3v) is 4.34. The molecule has 0 amide bonds. The minimum absolute atomic E-state index is 0.0744. The van der Waals surface area contributed by atoms with E-state index < -0.39 is 0 Å². The highest BCUT2D eigenvalue weighted by atomic mass is 16.6. The molecule has 128 valence electrons. The lowest BCUT2D eigenvalue weighted by Crippen LogP contribution is -2.35. The number of oxime groups is 1. The molecule has 0 saturated heterocycles. The van der Waals surface area contributed by atoms with Gasteiger partial charge in [-0.25, -0.2) is 0 Å². The summed E-state index contributed by atoms with van der Waals surface area (Å²) in [5, 5.41) is 14.8. The highest BCUT2D eigenvalue weighted by molar-refractivity contribution is 6.22. The van der Waals surface area contributed by atoms with Crippen LogP contribution in [-0.4, -0.2) is 23.2 Å². The number of allylic oxidation sites excluding steroid dienone is 2. The zero-order valence-corrected chi connectivity index (χ0v) is 14.8. The summed E-state index contributed by atoms with van der Waals surface area (Å²) in [5.41, 5.74) is 2.41. The van der Waals surface area contributed by atoms with Crippen LogP contribution in [0.15, 0.2) is 53.4 Å². The van der Waals surface area contributed by atoms with Gasteiger partial charge in [-0.2, -0.15) is 0 Å². The molecular weight excluding hydrogens is 302 g/mol. The second-order valence-corrected chi connectivity index (χ2v) is 6.96. The molecule has 1 aliphatic rings. The smallest absolute Gasteiger partial charge is 0.168 e. The van der Waals surface area contributed by atoms with Crippen LogP contribution in [0.1, 0.15) is 44.2 Å². The molecule has 0 aliphatic heterocycles. The summed E-state index contributed by atoms with van der Waals surface area (Å²) in [6, 6.07) is 8.03. The van der Waals surface area contributed by atoms with Crippen molar-refractivity contribution >= 4 is 11.5 Å². The fraction of sp³-hybridized carbons (Fsp3) is 0.400. The molecule has 0 radical (unpaired) electrons. The molecule has 0 aromatic heterocycles. The molecule has 0 unspecified atom stereocenters. The first-order chi connectivity index (χ1) is 11.3. The highest BCUT2D eigenvalue weighted by Crippen LogP contribution is 2.47. The number of ketones is 1. The summed E-state index contributed by atoms with van der Waals surface area (Å²) in [4.78, 5) is 17.6. The van der Waals surface area contributed by atoms with Crippen molar-refractivity contribution < 1.29 is 14.7 Å². The fourth-order valence-corrected chi connectivity index (χ4v) is 3.34. The third-order valence-electron chi connectivity index (χ3n) is 4.34. The van der Waals surface area contributed by atoms with Crippen LogP contribution in [0.5, 0.6) is 0 Å². The van der Waals surface area contributed by atoms with E-state index in [0.29, 0.717) is 12.1 Å². The van der Waals surface area contributed by atoms with Gasteiger partial charge >= 0.3 is 0 Å². The van der Waals surface area contributed by atoms with Gasteiger partial charge in [-0.05, 0) is 24.8 Å². The standard InChI is InChI=1S/C20H25NO3/c1-6-10-24-21-14(3)17-16(22)12-20(4,5)18(19(17)23)15-9-7-8-13(2)11-15/h6-9,11,18,23H,1,10,12H2,2-5H3/b21-14-/t18-/m0/s1. The van der Waals surface area contributed by atoms with Crippen LogP contribution >= 0.6 is 0 Å². The minimum atomic E-state index is -0.374. The molecule has 2 rings (SSSR count). The summed E-state index contributed by atoms with van der Waals surface area (Å²) in [6.45, 7) is 11.5. The molecule has 1 aliphatic carbocycles. The number of hydrogen-bond acceptors (Lipinski definition) is 4. The van der Waals surface area contributed by atoms with Gasteiger partial charge in [-0.15, -0.1) is 0 Å². The molecule has 1 atom stereocenters. The van der Waals surface area contributed by atoms with E-state index in [4.69, 9.17) is 4.84 Å². The number of Topliss-reactive ketones (excluding diaryl/α,β-unsaturated/α-hetero) is 1. The largest absolute Gasteiger partial charge is 0.511 e. The van der Waals surface area contributed by atoms with E-state index in [0.717, 1.165) is 11.1 Å². The van der Waals surface area contributed by atoms with Crippen LogP contribution in [0.2, 0.25) is 0 Å². The van der Waals surface area contributed by atoms with Crippen LogP contribution in [0, 0.1) is 12.3 Å². The van der Waals surface area contributed by atoms with Gasteiger partial charge in [-0.3, -0.25) is 4.79 Å². The Balaban J connectivity index is 2.53. The van der Waals surface area contributed by atoms with Crippen molar-refractivity contribution in [2.75, 3.05) is 6.61 Å². The molecule has 4 heteroatoms. The van der Waals surface area contributed by atoms with E-state index in [1.54, 1.807) is 13.0 Å². The molecular formula is C20H25NO3. The van der Waals surface area contributed by atoms with Crippen LogP contribution in [-0.2, 0) is 9.63 Å². The highest BCUT2D eigenvalue weighted by Gasteiger charge is 2.43.